The molecule has 1 aromatic carbocycles. The molecule has 0 radical (unpaired) electrons. The van der Waals surface area contributed by atoms with Gasteiger partial charge >= 0.3 is 0 Å². The third-order valence-corrected chi connectivity index (χ3v) is 4.33. The predicted molar refractivity (Wildman–Crippen MR) is 93.7 cm³/mol. The number of halogens is 1. The van der Waals surface area contributed by atoms with Gasteiger partial charge in [-0.15, -0.1) is 12.4 Å². The molecule has 5 nitrogen and oxygen atoms in total. The fourth-order valence-corrected chi connectivity index (χ4v) is 2.98. The number of nitrogens with one attached hydrogen (secondary N) is 1. The van der Waals surface area contributed by atoms with Gasteiger partial charge < -0.3 is 10.3 Å². The maximum atomic E-state index is 12.5. The number of hydrogen-bond donors (Lipinski definition) is 2. The SMILES string of the molecule is Cl.NC1(C(=O)Nc2nccn2Cc2ccccc2)CCCCC1. The van der Waals surface area contributed by atoms with E-state index in [4.69, 9.17) is 5.73 Å². The van der Waals surface area contributed by atoms with Crippen molar-refractivity contribution in [1.82, 2.24) is 9.55 Å². The minimum atomic E-state index is -0.748. The van der Waals surface area contributed by atoms with E-state index in [9.17, 15) is 4.79 Å². The van der Waals surface area contributed by atoms with E-state index in [0.717, 1.165) is 37.7 Å². The molecule has 0 bridgehead atoms. The lowest BCUT2D eigenvalue weighted by Gasteiger charge is -2.31. The number of rotatable bonds is 4. The van der Waals surface area contributed by atoms with Gasteiger partial charge in [0.1, 0.15) is 0 Å². The van der Waals surface area contributed by atoms with Crippen LogP contribution in [0.3, 0.4) is 0 Å². The zero-order valence-electron chi connectivity index (χ0n) is 13.1. The molecule has 0 spiro atoms. The number of hydrogen-bond acceptors (Lipinski definition) is 3. The molecule has 1 heterocycles. The summed E-state index contributed by atoms with van der Waals surface area (Å²) < 4.78 is 1.93. The van der Waals surface area contributed by atoms with Gasteiger partial charge in [0.2, 0.25) is 11.9 Å². The van der Waals surface area contributed by atoms with Crippen molar-refractivity contribution in [2.75, 3.05) is 5.32 Å². The van der Waals surface area contributed by atoms with Crippen molar-refractivity contribution in [2.24, 2.45) is 5.73 Å². The van der Waals surface area contributed by atoms with Crippen LogP contribution in [0.25, 0.3) is 0 Å². The van der Waals surface area contributed by atoms with Gasteiger partial charge in [0.15, 0.2) is 0 Å². The van der Waals surface area contributed by atoms with Gasteiger partial charge in [-0.1, -0.05) is 49.6 Å². The third kappa shape index (κ3) is 4.12. The van der Waals surface area contributed by atoms with Gasteiger partial charge in [-0.3, -0.25) is 10.1 Å². The van der Waals surface area contributed by atoms with Crippen LogP contribution < -0.4 is 11.1 Å². The number of nitrogens with two attached hydrogens (primary N) is 1. The highest BCUT2D eigenvalue weighted by Crippen LogP contribution is 2.27. The molecular weight excluding hydrogens is 312 g/mol. The second kappa shape index (κ2) is 7.62. The van der Waals surface area contributed by atoms with Crippen LogP contribution in [-0.4, -0.2) is 21.0 Å². The zero-order valence-corrected chi connectivity index (χ0v) is 13.9. The molecular formula is C17H23ClN4O. The molecule has 0 aliphatic heterocycles. The largest absolute Gasteiger partial charge is 0.317 e. The van der Waals surface area contributed by atoms with Crippen molar-refractivity contribution >= 4 is 24.3 Å². The summed E-state index contributed by atoms with van der Waals surface area (Å²) in [6, 6.07) is 10.1. The molecule has 1 aliphatic carbocycles. The predicted octanol–water partition coefficient (Wildman–Crippen LogP) is 2.95. The van der Waals surface area contributed by atoms with E-state index < -0.39 is 5.54 Å². The van der Waals surface area contributed by atoms with Crippen molar-refractivity contribution in [3.63, 3.8) is 0 Å². The minimum absolute atomic E-state index is 0. The van der Waals surface area contributed by atoms with Crippen LogP contribution in [-0.2, 0) is 11.3 Å². The van der Waals surface area contributed by atoms with Gasteiger partial charge in [-0.05, 0) is 18.4 Å². The van der Waals surface area contributed by atoms with Crippen LogP contribution in [0.2, 0.25) is 0 Å². The van der Waals surface area contributed by atoms with E-state index in [2.05, 4.69) is 22.4 Å². The number of carbonyl (C=O) groups is 1. The van der Waals surface area contributed by atoms with Gasteiger partial charge in [0.25, 0.3) is 0 Å². The van der Waals surface area contributed by atoms with Crippen molar-refractivity contribution in [3.05, 3.63) is 48.3 Å². The summed E-state index contributed by atoms with van der Waals surface area (Å²) in [6.07, 6.45) is 8.26. The molecule has 1 aliphatic rings. The molecule has 1 saturated carbocycles. The second-order valence-electron chi connectivity index (χ2n) is 6.04. The minimum Gasteiger partial charge on any atom is -0.317 e. The van der Waals surface area contributed by atoms with Gasteiger partial charge in [-0.25, -0.2) is 4.98 Å². The fraction of sp³-hybridized carbons (Fsp3) is 0.412. The summed E-state index contributed by atoms with van der Waals surface area (Å²) in [6.45, 7) is 0.675. The molecule has 3 rings (SSSR count). The zero-order chi connectivity index (χ0) is 15.4. The van der Waals surface area contributed by atoms with Crippen LogP contribution in [0.1, 0.15) is 37.7 Å². The fourth-order valence-electron chi connectivity index (χ4n) is 2.98. The molecule has 3 N–H and O–H groups in total. The van der Waals surface area contributed by atoms with Crippen molar-refractivity contribution < 1.29 is 4.79 Å². The summed E-state index contributed by atoms with van der Waals surface area (Å²) >= 11 is 0. The monoisotopic (exact) mass is 334 g/mol. The Balaban J connectivity index is 0.00000192. The van der Waals surface area contributed by atoms with E-state index >= 15 is 0 Å². The molecule has 1 amide bonds. The Morgan fingerprint density at radius 3 is 2.61 bits per heavy atom. The quantitative estimate of drug-likeness (QED) is 0.902. The Morgan fingerprint density at radius 2 is 1.91 bits per heavy atom. The number of imidazole rings is 1. The first kappa shape index (κ1) is 17.5. The summed E-state index contributed by atoms with van der Waals surface area (Å²) in [5.41, 5.74) is 6.69. The molecule has 0 saturated heterocycles. The average molecular weight is 335 g/mol. The lowest BCUT2D eigenvalue weighted by atomic mass is 9.82. The second-order valence-corrected chi connectivity index (χ2v) is 6.04. The van der Waals surface area contributed by atoms with Crippen LogP contribution in [0.4, 0.5) is 5.95 Å². The standard InChI is InChI=1S/C17H22N4O.ClH/c18-17(9-5-2-6-10-17)15(22)20-16-19-11-12-21(16)13-14-7-3-1-4-8-14;/h1,3-4,7-8,11-12H,2,5-6,9-10,13,18H2,(H,19,20,22);1H. The van der Waals surface area contributed by atoms with Crippen LogP contribution >= 0.6 is 12.4 Å². The molecule has 124 valence electrons. The first-order chi connectivity index (χ1) is 10.7. The van der Waals surface area contributed by atoms with Crippen LogP contribution in [0.5, 0.6) is 0 Å². The molecule has 1 fully saturated rings. The summed E-state index contributed by atoms with van der Waals surface area (Å²) in [7, 11) is 0. The summed E-state index contributed by atoms with van der Waals surface area (Å²) in [4.78, 5) is 16.8. The van der Waals surface area contributed by atoms with Crippen molar-refractivity contribution in [3.8, 4) is 0 Å². The van der Waals surface area contributed by atoms with Crippen molar-refractivity contribution in [1.29, 1.82) is 0 Å². The maximum Gasteiger partial charge on any atom is 0.246 e. The Kier molecular flexibility index (Phi) is 5.80. The molecule has 23 heavy (non-hydrogen) atoms. The van der Waals surface area contributed by atoms with E-state index in [-0.39, 0.29) is 18.3 Å². The van der Waals surface area contributed by atoms with E-state index in [1.807, 2.05) is 29.0 Å². The van der Waals surface area contributed by atoms with Gasteiger partial charge in [0.05, 0.1) is 12.1 Å². The highest BCUT2D eigenvalue weighted by molar-refractivity contribution is 5.96. The average Bonchev–Trinajstić information content (AvgIpc) is 2.96. The topological polar surface area (TPSA) is 72.9 Å². The maximum absolute atomic E-state index is 12.5. The third-order valence-electron chi connectivity index (χ3n) is 4.33. The highest BCUT2D eigenvalue weighted by atomic mass is 35.5. The number of nitrogens with zero attached hydrogens (tertiary/aromatic N) is 2. The highest BCUT2D eigenvalue weighted by Gasteiger charge is 2.35. The summed E-state index contributed by atoms with van der Waals surface area (Å²) in [5, 5.41) is 2.91. The number of benzene rings is 1. The Morgan fingerprint density at radius 1 is 1.22 bits per heavy atom. The molecule has 0 atom stereocenters. The number of amides is 1. The van der Waals surface area contributed by atoms with Crippen LogP contribution in [0.15, 0.2) is 42.7 Å². The smallest absolute Gasteiger partial charge is 0.246 e. The Labute approximate surface area is 142 Å². The summed E-state index contributed by atoms with van der Waals surface area (Å²) in [5.74, 6) is 0.442. The molecule has 2 aromatic rings. The first-order valence-electron chi connectivity index (χ1n) is 7.83. The molecule has 6 heteroatoms. The Hall–Kier alpha value is -1.85. The Bertz CT molecular complexity index is 635. The van der Waals surface area contributed by atoms with Gasteiger partial charge in [0, 0.05) is 12.4 Å². The van der Waals surface area contributed by atoms with Gasteiger partial charge in [-0.2, -0.15) is 0 Å². The number of aromatic nitrogens is 2. The first-order valence-corrected chi connectivity index (χ1v) is 7.83. The normalized spacial score (nSPS) is 16.4. The van der Waals surface area contributed by atoms with E-state index in [1.165, 1.54) is 0 Å². The number of carbonyl (C=O) groups excluding carboxylic acids is 1. The molecule has 1 aromatic heterocycles. The van der Waals surface area contributed by atoms with Crippen LogP contribution in [0, 0.1) is 0 Å². The van der Waals surface area contributed by atoms with E-state index in [0.29, 0.717) is 12.5 Å². The van der Waals surface area contributed by atoms with Crippen molar-refractivity contribution in [2.45, 2.75) is 44.2 Å². The number of anilines is 1. The molecule has 0 unspecified atom stereocenters. The van der Waals surface area contributed by atoms with E-state index in [1.54, 1.807) is 6.20 Å². The lowest BCUT2D eigenvalue weighted by molar-refractivity contribution is -0.122. The lowest BCUT2D eigenvalue weighted by Crippen LogP contribution is -2.52.